The van der Waals surface area contributed by atoms with Gasteiger partial charge in [0.25, 0.3) is 5.56 Å². The first-order valence-corrected chi connectivity index (χ1v) is 9.08. The van der Waals surface area contributed by atoms with Gasteiger partial charge in [-0.1, -0.05) is 54.6 Å². The summed E-state index contributed by atoms with van der Waals surface area (Å²) in [5, 5.41) is 7.25. The van der Waals surface area contributed by atoms with Crippen LogP contribution < -0.4 is 10.9 Å². The third-order valence-electron chi connectivity index (χ3n) is 3.96. The Morgan fingerprint density at radius 3 is 2.31 bits per heavy atom. The number of aryl methyl sites for hydroxylation is 1. The van der Waals surface area contributed by atoms with Crippen LogP contribution in [0, 0.1) is 0 Å². The summed E-state index contributed by atoms with van der Waals surface area (Å²) in [5.41, 5.74) is 3.93. The Hall–Kier alpha value is -2.44. The van der Waals surface area contributed by atoms with Crippen molar-refractivity contribution in [1.29, 1.82) is 0 Å². The fourth-order valence-electron chi connectivity index (χ4n) is 2.45. The lowest BCUT2D eigenvalue weighted by Gasteiger charge is -2.10. The van der Waals surface area contributed by atoms with E-state index < -0.39 is 0 Å². The lowest BCUT2D eigenvalue weighted by molar-refractivity contribution is 0.107. The van der Waals surface area contributed by atoms with Crippen LogP contribution in [0.25, 0.3) is 0 Å². The number of anilines is 1. The van der Waals surface area contributed by atoms with Crippen LogP contribution in [0.2, 0.25) is 0 Å². The zero-order chi connectivity index (χ0) is 18.4. The maximum absolute atomic E-state index is 11.8. The van der Waals surface area contributed by atoms with Crippen molar-refractivity contribution in [3.05, 3.63) is 92.3 Å². The molecule has 0 unspecified atom stereocenters. The summed E-state index contributed by atoms with van der Waals surface area (Å²) in [6.45, 7) is 1.79. The minimum Gasteiger partial charge on any atom is -0.379 e. The molecule has 3 rings (SSSR count). The first-order valence-electron chi connectivity index (χ1n) is 8.28. The third-order valence-corrected chi connectivity index (χ3v) is 4.73. The maximum Gasteiger partial charge on any atom is 0.282 e. The van der Waals surface area contributed by atoms with Crippen LogP contribution in [-0.2, 0) is 31.5 Å². The van der Waals surface area contributed by atoms with Gasteiger partial charge in [-0.2, -0.15) is 5.10 Å². The number of nitrogens with zero attached hydrogens (tertiary/aromatic N) is 2. The lowest BCUT2D eigenvalue weighted by atomic mass is 10.1. The minimum atomic E-state index is -0.166. The van der Waals surface area contributed by atoms with Gasteiger partial charge in [0.1, 0.15) is 4.47 Å². The predicted octanol–water partition coefficient (Wildman–Crippen LogP) is 3.87. The molecule has 1 heterocycles. The molecular formula is C20H20BrN3O2. The first kappa shape index (κ1) is 18.4. The summed E-state index contributed by atoms with van der Waals surface area (Å²) < 4.78 is 7.53. The lowest BCUT2D eigenvalue weighted by Crippen LogP contribution is -2.21. The van der Waals surface area contributed by atoms with Gasteiger partial charge >= 0.3 is 0 Å². The summed E-state index contributed by atoms with van der Waals surface area (Å²) in [4.78, 5) is 11.8. The number of benzene rings is 2. The highest BCUT2D eigenvalue weighted by Gasteiger charge is 2.06. The Kier molecular flexibility index (Phi) is 6.20. The zero-order valence-corrected chi connectivity index (χ0v) is 16.1. The van der Waals surface area contributed by atoms with Crippen molar-refractivity contribution in [3.63, 3.8) is 0 Å². The highest BCUT2D eigenvalue weighted by molar-refractivity contribution is 9.10. The number of rotatable bonds is 7. The van der Waals surface area contributed by atoms with Crippen molar-refractivity contribution in [2.45, 2.75) is 19.8 Å². The molecule has 0 aliphatic rings. The van der Waals surface area contributed by atoms with Gasteiger partial charge in [-0.05, 0) is 32.6 Å². The van der Waals surface area contributed by atoms with E-state index in [0.29, 0.717) is 29.9 Å². The molecule has 5 nitrogen and oxygen atoms in total. The fraction of sp³-hybridized carbons (Fsp3) is 0.200. The molecule has 0 atom stereocenters. The number of hydrogen-bond acceptors (Lipinski definition) is 4. The number of aromatic nitrogens is 2. The molecule has 26 heavy (non-hydrogen) atoms. The van der Waals surface area contributed by atoms with Gasteiger partial charge in [-0.15, -0.1) is 0 Å². The molecule has 1 aromatic heterocycles. The standard InChI is InChI=1S/C20H20BrN3O2/c1-24-20(25)19(21)18(12-23-24)22-11-15-7-9-17(10-8-15)14-26-13-16-5-3-2-4-6-16/h2-10,12,22H,11,13-14H2,1H3. The van der Waals surface area contributed by atoms with Crippen molar-refractivity contribution >= 4 is 21.6 Å². The van der Waals surface area contributed by atoms with Gasteiger partial charge in [0.05, 0.1) is 25.1 Å². The van der Waals surface area contributed by atoms with Gasteiger partial charge in [0.2, 0.25) is 0 Å². The molecule has 0 bridgehead atoms. The molecule has 1 N–H and O–H groups in total. The van der Waals surface area contributed by atoms with Gasteiger partial charge in [-0.3, -0.25) is 4.79 Å². The predicted molar refractivity (Wildman–Crippen MR) is 106 cm³/mol. The monoisotopic (exact) mass is 413 g/mol. The number of ether oxygens (including phenoxy) is 1. The van der Waals surface area contributed by atoms with E-state index in [-0.39, 0.29) is 5.56 Å². The molecule has 0 saturated heterocycles. The Labute approximate surface area is 160 Å². The molecule has 0 aliphatic heterocycles. The highest BCUT2D eigenvalue weighted by atomic mass is 79.9. The Balaban J connectivity index is 1.51. The van der Waals surface area contributed by atoms with Crippen molar-refractivity contribution in [1.82, 2.24) is 9.78 Å². The van der Waals surface area contributed by atoms with E-state index in [1.54, 1.807) is 13.2 Å². The molecule has 0 fully saturated rings. The van der Waals surface area contributed by atoms with Crippen LogP contribution in [0.5, 0.6) is 0 Å². The second-order valence-corrected chi connectivity index (χ2v) is 6.74. The van der Waals surface area contributed by atoms with Crippen molar-refractivity contribution in [3.8, 4) is 0 Å². The Morgan fingerprint density at radius 1 is 1.00 bits per heavy atom. The molecule has 2 aromatic carbocycles. The van der Waals surface area contributed by atoms with E-state index in [9.17, 15) is 4.79 Å². The molecule has 0 aliphatic carbocycles. The molecule has 0 amide bonds. The molecule has 3 aromatic rings. The van der Waals surface area contributed by atoms with Crippen LogP contribution in [0.3, 0.4) is 0 Å². The van der Waals surface area contributed by atoms with E-state index >= 15 is 0 Å². The largest absolute Gasteiger partial charge is 0.379 e. The van der Waals surface area contributed by atoms with Crippen molar-refractivity contribution in [2.24, 2.45) is 7.05 Å². The van der Waals surface area contributed by atoms with Gasteiger partial charge in [0.15, 0.2) is 0 Å². The van der Waals surface area contributed by atoms with E-state index in [1.165, 1.54) is 10.2 Å². The summed E-state index contributed by atoms with van der Waals surface area (Å²) >= 11 is 3.31. The minimum absolute atomic E-state index is 0.166. The van der Waals surface area contributed by atoms with Crippen molar-refractivity contribution in [2.75, 3.05) is 5.32 Å². The van der Waals surface area contributed by atoms with Gasteiger partial charge in [0, 0.05) is 13.6 Å². The van der Waals surface area contributed by atoms with E-state index in [0.717, 1.165) is 11.1 Å². The fourth-order valence-corrected chi connectivity index (χ4v) is 2.94. The maximum atomic E-state index is 11.8. The summed E-state index contributed by atoms with van der Waals surface area (Å²) in [6, 6.07) is 18.3. The molecule has 6 heteroatoms. The first-order chi connectivity index (χ1) is 12.6. The molecule has 134 valence electrons. The average molecular weight is 414 g/mol. The molecular weight excluding hydrogens is 394 g/mol. The van der Waals surface area contributed by atoms with Crippen LogP contribution in [0.15, 0.2) is 70.1 Å². The van der Waals surface area contributed by atoms with Gasteiger partial charge < -0.3 is 10.1 Å². The second kappa shape index (κ2) is 8.78. The van der Waals surface area contributed by atoms with E-state index in [4.69, 9.17) is 4.74 Å². The Bertz CT molecular complexity index is 909. The summed E-state index contributed by atoms with van der Waals surface area (Å²) in [5.74, 6) is 0. The normalized spacial score (nSPS) is 10.7. The number of nitrogens with one attached hydrogen (secondary N) is 1. The van der Waals surface area contributed by atoms with Gasteiger partial charge in [-0.25, -0.2) is 4.68 Å². The number of halogens is 1. The second-order valence-electron chi connectivity index (χ2n) is 5.95. The quantitative estimate of drug-likeness (QED) is 0.638. The van der Waals surface area contributed by atoms with Crippen molar-refractivity contribution < 1.29 is 4.74 Å². The van der Waals surface area contributed by atoms with E-state index in [1.807, 2.05) is 18.2 Å². The topological polar surface area (TPSA) is 56.1 Å². The summed E-state index contributed by atoms with van der Waals surface area (Å²) in [6.07, 6.45) is 1.64. The zero-order valence-electron chi connectivity index (χ0n) is 14.5. The smallest absolute Gasteiger partial charge is 0.282 e. The van der Waals surface area contributed by atoms with Crippen LogP contribution in [0.4, 0.5) is 5.69 Å². The van der Waals surface area contributed by atoms with E-state index in [2.05, 4.69) is 62.7 Å². The summed E-state index contributed by atoms with van der Waals surface area (Å²) in [7, 11) is 1.62. The highest BCUT2D eigenvalue weighted by Crippen LogP contribution is 2.17. The van der Waals surface area contributed by atoms with Crippen LogP contribution >= 0.6 is 15.9 Å². The third kappa shape index (κ3) is 4.80. The molecule has 0 radical (unpaired) electrons. The molecule has 0 spiro atoms. The van der Waals surface area contributed by atoms with Crippen LogP contribution in [-0.4, -0.2) is 9.78 Å². The number of hydrogen-bond donors (Lipinski definition) is 1. The average Bonchev–Trinajstić information content (AvgIpc) is 2.67. The molecule has 0 saturated carbocycles. The van der Waals surface area contributed by atoms with Crippen LogP contribution in [0.1, 0.15) is 16.7 Å². The SMILES string of the molecule is Cn1ncc(NCc2ccc(COCc3ccccc3)cc2)c(Br)c1=O. The Morgan fingerprint density at radius 2 is 1.62 bits per heavy atom.